The van der Waals surface area contributed by atoms with Crippen LogP contribution in [-0.2, 0) is 11.2 Å². The average Bonchev–Trinajstić information content (AvgIpc) is 3.33. The van der Waals surface area contributed by atoms with E-state index < -0.39 is 0 Å². The van der Waals surface area contributed by atoms with E-state index in [0.29, 0.717) is 49.2 Å². The Morgan fingerprint density at radius 2 is 1.74 bits per heavy atom. The zero-order valence-corrected chi connectivity index (χ0v) is 15.6. The van der Waals surface area contributed by atoms with Gasteiger partial charge in [0.05, 0.1) is 11.0 Å². The number of hydrogen-bond donors (Lipinski definition) is 2. The Bertz CT molecular complexity index is 1010. The summed E-state index contributed by atoms with van der Waals surface area (Å²) >= 11 is 1.67. The number of imidazole rings is 1. The van der Waals surface area contributed by atoms with Gasteiger partial charge in [-0.15, -0.1) is 11.3 Å². The van der Waals surface area contributed by atoms with Gasteiger partial charge in [0, 0.05) is 43.0 Å². The topological polar surface area (TPSA) is 89.3 Å². The van der Waals surface area contributed by atoms with Gasteiger partial charge in [0.15, 0.2) is 0 Å². The fourth-order valence-corrected chi connectivity index (χ4v) is 4.06. The van der Waals surface area contributed by atoms with Gasteiger partial charge in [-0.05, 0) is 36.1 Å². The number of benzene rings is 1. The van der Waals surface area contributed by atoms with Crippen LogP contribution in [0.15, 0.2) is 40.5 Å². The summed E-state index contributed by atoms with van der Waals surface area (Å²) in [6, 6.07) is 9.17. The van der Waals surface area contributed by atoms with Crippen LogP contribution in [0.25, 0.3) is 11.0 Å². The third-order valence-corrected chi connectivity index (χ3v) is 5.78. The number of carbonyl (C=O) groups excluding carboxylic acids is 2. The molecule has 1 aliphatic rings. The number of nitrogens with one attached hydrogen (secondary N) is 2. The van der Waals surface area contributed by atoms with E-state index in [2.05, 4.69) is 9.97 Å². The molecule has 0 bridgehead atoms. The summed E-state index contributed by atoms with van der Waals surface area (Å²) in [5, 5.41) is 2.02. The van der Waals surface area contributed by atoms with Crippen LogP contribution >= 0.6 is 11.3 Å². The van der Waals surface area contributed by atoms with Crippen molar-refractivity contribution < 1.29 is 9.59 Å². The quantitative estimate of drug-likeness (QED) is 0.719. The normalized spacial score (nSPS) is 14.7. The molecular weight excluding hydrogens is 364 g/mol. The van der Waals surface area contributed by atoms with E-state index in [1.54, 1.807) is 34.4 Å². The lowest BCUT2D eigenvalue weighted by Crippen LogP contribution is -2.50. The molecule has 2 N–H and O–H groups in total. The number of rotatable bonds is 4. The summed E-state index contributed by atoms with van der Waals surface area (Å²) in [7, 11) is 0. The van der Waals surface area contributed by atoms with Crippen molar-refractivity contribution in [2.24, 2.45) is 0 Å². The van der Waals surface area contributed by atoms with Crippen molar-refractivity contribution in [2.45, 2.75) is 12.8 Å². The number of thiophene rings is 1. The van der Waals surface area contributed by atoms with Crippen molar-refractivity contribution in [3.05, 3.63) is 56.6 Å². The van der Waals surface area contributed by atoms with Crippen LogP contribution in [0.4, 0.5) is 0 Å². The lowest BCUT2D eigenvalue weighted by molar-refractivity contribution is -0.132. The molecule has 3 aromatic rings. The second-order valence-electron chi connectivity index (χ2n) is 6.59. The fourth-order valence-electron chi connectivity index (χ4n) is 3.35. The highest BCUT2D eigenvalue weighted by molar-refractivity contribution is 7.09. The van der Waals surface area contributed by atoms with Crippen molar-refractivity contribution in [1.82, 2.24) is 19.8 Å². The summed E-state index contributed by atoms with van der Waals surface area (Å²) in [6.45, 7) is 2.15. The first kappa shape index (κ1) is 17.5. The number of fused-ring (bicyclic) bond motifs is 1. The molecule has 0 radical (unpaired) electrons. The Hall–Kier alpha value is -2.87. The Labute approximate surface area is 159 Å². The third kappa shape index (κ3) is 3.80. The van der Waals surface area contributed by atoms with Crippen LogP contribution in [0.2, 0.25) is 0 Å². The molecule has 0 spiro atoms. The zero-order chi connectivity index (χ0) is 18.8. The third-order valence-electron chi connectivity index (χ3n) is 4.85. The molecule has 1 aliphatic heterocycles. The molecule has 2 amide bonds. The lowest BCUT2D eigenvalue weighted by Gasteiger charge is -2.35. The Balaban J connectivity index is 1.34. The maximum absolute atomic E-state index is 12.7. The van der Waals surface area contributed by atoms with E-state index in [9.17, 15) is 14.4 Å². The Kier molecular flexibility index (Phi) is 4.81. The van der Waals surface area contributed by atoms with Gasteiger partial charge in [-0.25, -0.2) is 4.79 Å². The number of amides is 2. The number of carbonyl (C=O) groups is 2. The molecule has 140 valence electrons. The number of hydrogen-bond acceptors (Lipinski definition) is 4. The standard InChI is InChI=1S/C19H20N4O3S/c24-17(6-4-14-2-1-11-27-14)22-7-9-23(10-8-22)18(25)13-3-5-15-16(12-13)21-19(26)20-15/h1-3,5,11-12H,4,6-10H2,(H2,20,21,26). The molecule has 27 heavy (non-hydrogen) atoms. The van der Waals surface area contributed by atoms with E-state index >= 15 is 0 Å². The van der Waals surface area contributed by atoms with Crippen LogP contribution < -0.4 is 5.69 Å². The number of aromatic amines is 2. The second kappa shape index (κ2) is 7.40. The molecule has 0 atom stereocenters. The van der Waals surface area contributed by atoms with Gasteiger partial charge in [-0.2, -0.15) is 0 Å². The first-order valence-electron chi connectivity index (χ1n) is 8.91. The van der Waals surface area contributed by atoms with Crippen molar-refractivity contribution in [3.63, 3.8) is 0 Å². The van der Waals surface area contributed by atoms with Crippen LogP contribution in [0.3, 0.4) is 0 Å². The van der Waals surface area contributed by atoms with Crippen LogP contribution in [-0.4, -0.2) is 57.8 Å². The highest BCUT2D eigenvalue weighted by Gasteiger charge is 2.25. The van der Waals surface area contributed by atoms with Gasteiger partial charge in [0.2, 0.25) is 5.91 Å². The smallest absolute Gasteiger partial charge is 0.323 e. The molecular formula is C19H20N4O3S. The maximum Gasteiger partial charge on any atom is 0.323 e. The molecule has 4 rings (SSSR count). The minimum Gasteiger partial charge on any atom is -0.339 e. The van der Waals surface area contributed by atoms with Crippen molar-refractivity contribution in [3.8, 4) is 0 Å². The Morgan fingerprint density at radius 3 is 2.48 bits per heavy atom. The summed E-state index contributed by atoms with van der Waals surface area (Å²) in [5.74, 6) is 0.0615. The number of aromatic nitrogens is 2. The first-order valence-corrected chi connectivity index (χ1v) is 9.79. The molecule has 7 nitrogen and oxygen atoms in total. The predicted molar refractivity (Wildman–Crippen MR) is 104 cm³/mol. The highest BCUT2D eigenvalue weighted by atomic mass is 32.1. The van der Waals surface area contributed by atoms with Gasteiger partial charge in [-0.1, -0.05) is 6.07 Å². The molecule has 0 unspecified atom stereocenters. The average molecular weight is 384 g/mol. The van der Waals surface area contributed by atoms with Gasteiger partial charge in [0.25, 0.3) is 5.91 Å². The molecule has 1 fully saturated rings. The molecule has 3 heterocycles. The van der Waals surface area contributed by atoms with E-state index in [0.717, 1.165) is 6.42 Å². The van der Waals surface area contributed by atoms with Crippen LogP contribution in [0.1, 0.15) is 21.7 Å². The Morgan fingerprint density at radius 1 is 1.00 bits per heavy atom. The number of aryl methyl sites for hydroxylation is 1. The van der Waals surface area contributed by atoms with Crippen molar-refractivity contribution >= 4 is 34.2 Å². The van der Waals surface area contributed by atoms with Crippen LogP contribution in [0, 0.1) is 0 Å². The maximum atomic E-state index is 12.7. The summed E-state index contributed by atoms with van der Waals surface area (Å²) in [6.07, 6.45) is 1.27. The van der Waals surface area contributed by atoms with E-state index in [1.807, 2.05) is 22.4 Å². The molecule has 2 aromatic heterocycles. The van der Waals surface area contributed by atoms with Gasteiger partial charge in [0.1, 0.15) is 0 Å². The van der Waals surface area contributed by atoms with Gasteiger partial charge >= 0.3 is 5.69 Å². The molecule has 0 aliphatic carbocycles. The summed E-state index contributed by atoms with van der Waals surface area (Å²) in [5.41, 5.74) is 1.55. The van der Waals surface area contributed by atoms with Gasteiger partial charge < -0.3 is 19.8 Å². The zero-order valence-electron chi connectivity index (χ0n) is 14.7. The minimum absolute atomic E-state index is 0.0790. The molecule has 1 aromatic carbocycles. The molecule has 1 saturated heterocycles. The predicted octanol–water partition coefficient (Wildman–Crippen LogP) is 1.83. The van der Waals surface area contributed by atoms with Gasteiger partial charge in [-0.3, -0.25) is 9.59 Å². The van der Waals surface area contributed by atoms with E-state index in [-0.39, 0.29) is 17.5 Å². The fraction of sp³-hybridized carbons (Fsp3) is 0.316. The van der Waals surface area contributed by atoms with Crippen molar-refractivity contribution in [1.29, 1.82) is 0 Å². The molecule has 8 heteroatoms. The number of nitrogens with zero attached hydrogens (tertiary/aromatic N) is 2. The largest absolute Gasteiger partial charge is 0.339 e. The monoisotopic (exact) mass is 384 g/mol. The van der Waals surface area contributed by atoms with Crippen molar-refractivity contribution in [2.75, 3.05) is 26.2 Å². The minimum atomic E-state index is -0.288. The number of H-pyrrole nitrogens is 2. The molecule has 0 saturated carbocycles. The van der Waals surface area contributed by atoms with Crippen LogP contribution in [0.5, 0.6) is 0 Å². The van der Waals surface area contributed by atoms with E-state index in [4.69, 9.17) is 0 Å². The first-order chi connectivity index (χ1) is 13.1. The summed E-state index contributed by atoms with van der Waals surface area (Å²) in [4.78, 5) is 46.6. The second-order valence-corrected chi connectivity index (χ2v) is 7.62. The number of piperazine rings is 1. The SMILES string of the molecule is O=C(CCc1cccs1)N1CCN(C(=O)c2ccc3[nH]c(=O)[nH]c3c2)CC1. The van der Waals surface area contributed by atoms with E-state index in [1.165, 1.54) is 4.88 Å². The highest BCUT2D eigenvalue weighted by Crippen LogP contribution is 2.15. The lowest BCUT2D eigenvalue weighted by atomic mass is 10.1. The summed E-state index contributed by atoms with van der Waals surface area (Å²) < 4.78 is 0.